The highest BCUT2D eigenvalue weighted by atomic mass is 16.3. The SMILES string of the molecule is CCCCCCCCCC(=O)c1ccc(O)c2ncccc12. The molecule has 0 aliphatic heterocycles. The highest BCUT2D eigenvalue weighted by Gasteiger charge is 2.12. The van der Waals surface area contributed by atoms with Gasteiger partial charge < -0.3 is 5.11 Å². The second kappa shape index (κ2) is 8.52. The zero-order valence-corrected chi connectivity index (χ0v) is 13.3. The first-order chi connectivity index (χ1) is 10.7. The van der Waals surface area contributed by atoms with Crippen molar-refractivity contribution >= 4 is 16.7 Å². The molecule has 0 aliphatic rings. The van der Waals surface area contributed by atoms with Crippen LogP contribution in [0, 0.1) is 0 Å². The predicted octanol–water partition coefficient (Wildman–Crippen LogP) is 5.26. The number of phenols is 1. The van der Waals surface area contributed by atoms with E-state index in [-0.39, 0.29) is 11.5 Å². The largest absolute Gasteiger partial charge is 0.506 e. The van der Waals surface area contributed by atoms with E-state index in [2.05, 4.69) is 11.9 Å². The van der Waals surface area contributed by atoms with Gasteiger partial charge in [-0.25, -0.2) is 0 Å². The number of pyridine rings is 1. The highest BCUT2D eigenvalue weighted by Crippen LogP contribution is 2.26. The Labute approximate surface area is 132 Å². The van der Waals surface area contributed by atoms with Gasteiger partial charge in [-0.05, 0) is 24.6 Å². The summed E-state index contributed by atoms with van der Waals surface area (Å²) in [5.41, 5.74) is 1.18. The average molecular weight is 299 g/mol. The maximum absolute atomic E-state index is 12.4. The first-order valence-electron chi connectivity index (χ1n) is 8.34. The maximum Gasteiger partial charge on any atom is 0.163 e. The van der Waals surface area contributed by atoms with Gasteiger partial charge >= 0.3 is 0 Å². The number of carbonyl (C=O) groups excluding carboxylic acids is 1. The summed E-state index contributed by atoms with van der Waals surface area (Å²) in [6, 6.07) is 6.92. The van der Waals surface area contributed by atoms with E-state index in [1.165, 1.54) is 32.1 Å². The first-order valence-corrected chi connectivity index (χ1v) is 8.34. The van der Waals surface area contributed by atoms with Gasteiger partial charge in [0.2, 0.25) is 0 Å². The third kappa shape index (κ3) is 4.30. The normalized spacial score (nSPS) is 11.0. The van der Waals surface area contributed by atoms with Gasteiger partial charge in [0.25, 0.3) is 0 Å². The molecule has 0 amide bonds. The summed E-state index contributed by atoms with van der Waals surface area (Å²) >= 11 is 0. The van der Waals surface area contributed by atoms with E-state index in [0.29, 0.717) is 17.5 Å². The van der Waals surface area contributed by atoms with Crippen LogP contribution in [0.25, 0.3) is 10.9 Å². The molecule has 1 aromatic heterocycles. The third-order valence-electron chi connectivity index (χ3n) is 4.06. The van der Waals surface area contributed by atoms with Crippen molar-refractivity contribution in [2.45, 2.75) is 58.3 Å². The number of aromatic nitrogens is 1. The maximum atomic E-state index is 12.4. The monoisotopic (exact) mass is 299 g/mol. The molecule has 1 aromatic carbocycles. The van der Waals surface area contributed by atoms with Gasteiger partial charge in [0.05, 0.1) is 0 Å². The highest BCUT2D eigenvalue weighted by molar-refractivity contribution is 6.08. The van der Waals surface area contributed by atoms with Crippen molar-refractivity contribution < 1.29 is 9.90 Å². The van der Waals surface area contributed by atoms with Gasteiger partial charge in [-0.1, -0.05) is 51.5 Å². The van der Waals surface area contributed by atoms with Gasteiger partial charge in [-0.2, -0.15) is 0 Å². The Morgan fingerprint density at radius 3 is 2.55 bits per heavy atom. The number of fused-ring (bicyclic) bond motifs is 1. The molecule has 118 valence electrons. The van der Waals surface area contributed by atoms with Crippen molar-refractivity contribution in [1.82, 2.24) is 4.98 Å². The molecular formula is C19H25NO2. The minimum absolute atomic E-state index is 0.128. The number of hydrogen-bond donors (Lipinski definition) is 1. The fourth-order valence-electron chi connectivity index (χ4n) is 2.78. The Morgan fingerprint density at radius 2 is 1.77 bits per heavy atom. The third-order valence-corrected chi connectivity index (χ3v) is 4.06. The molecule has 0 radical (unpaired) electrons. The lowest BCUT2D eigenvalue weighted by atomic mass is 9.99. The summed E-state index contributed by atoms with van der Waals surface area (Å²) in [4.78, 5) is 16.6. The quantitative estimate of drug-likeness (QED) is 0.507. The van der Waals surface area contributed by atoms with Crippen LogP contribution in [0.5, 0.6) is 5.75 Å². The zero-order valence-electron chi connectivity index (χ0n) is 13.3. The molecule has 22 heavy (non-hydrogen) atoms. The molecule has 0 atom stereocenters. The van der Waals surface area contributed by atoms with E-state index in [0.717, 1.165) is 18.2 Å². The molecule has 0 aliphatic carbocycles. The van der Waals surface area contributed by atoms with Crippen LogP contribution < -0.4 is 0 Å². The van der Waals surface area contributed by atoms with E-state index in [9.17, 15) is 9.90 Å². The first kappa shape index (κ1) is 16.5. The number of hydrogen-bond acceptors (Lipinski definition) is 3. The molecule has 1 heterocycles. The molecule has 0 saturated heterocycles. The van der Waals surface area contributed by atoms with E-state index >= 15 is 0 Å². The summed E-state index contributed by atoms with van der Waals surface area (Å²) in [5.74, 6) is 0.273. The number of ketones is 1. The number of carbonyl (C=O) groups is 1. The van der Waals surface area contributed by atoms with Crippen molar-refractivity contribution in [2.24, 2.45) is 0 Å². The van der Waals surface area contributed by atoms with E-state index < -0.39 is 0 Å². The van der Waals surface area contributed by atoms with Crippen molar-refractivity contribution in [1.29, 1.82) is 0 Å². The minimum atomic E-state index is 0.128. The van der Waals surface area contributed by atoms with Crippen molar-refractivity contribution in [3.05, 3.63) is 36.0 Å². The van der Waals surface area contributed by atoms with Crippen LogP contribution in [0.4, 0.5) is 0 Å². The van der Waals surface area contributed by atoms with Crippen molar-refractivity contribution in [3.8, 4) is 5.75 Å². The molecule has 0 spiro atoms. The Bertz CT molecular complexity index is 622. The summed E-state index contributed by atoms with van der Waals surface area (Å²) in [5, 5.41) is 10.6. The van der Waals surface area contributed by atoms with Crippen LogP contribution in [0.2, 0.25) is 0 Å². The number of unbranched alkanes of at least 4 members (excludes halogenated alkanes) is 6. The van der Waals surface area contributed by atoms with Crippen LogP contribution in [-0.2, 0) is 0 Å². The molecule has 1 N–H and O–H groups in total. The molecule has 2 aromatic rings. The lowest BCUT2D eigenvalue weighted by Gasteiger charge is -2.07. The topological polar surface area (TPSA) is 50.2 Å². The van der Waals surface area contributed by atoms with Gasteiger partial charge in [-0.15, -0.1) is 0 Å². The molecule has 0 fully saturated rings. The zero-order chi connectivity index (χ0) is 15.8. The summed E-state index contributed by atoms with van der Waals surface area (Å²) in [6.45, 7) is 2.22. The molecule has 3 nitrogen and oxygen atoms in total. The molecule has 0 saturated carbocycles. The minimum Gasteiger partial charge on any atom is -0.506 e. The Hall–Kier alpha value is -1.90. The predicted molar refractivity (Wildman–Crippen MR) is 90.3 cm³/mol. The average Bonchev–Trinajstić information content (AvgIpc) is 2.54. The Kier molecular flexibility index (Phi) is 6.38. The molecular weight excluding hydrogens is 274 g/mol. The van der Waals surface area contributed by atoms with E-state index in [1.54, 1.807) is 24.4 Å². The van der Waals surface area contributed by atoms with Crippen LogP contribution >= 0.6 is 0 Å². The van der Waals surface area contributed by atoms with Crippen molar-refractivity contribution in [3.63, 3.8) is 0 Å². The second-order valence-corrected chi connectivity index (χ2v) is 5.83. The standard InChI is InChI=1S/C19H25NO2/c1-2-3-4-5-6-7-8-11-17(21)15-12-13-18(22)19-16(15)10-9-14-20-19/h9-10,12-14,22H,2-8,11H2,1H3. The second-order valence-electron chi connectivity index (χ2n) is 5.83. The van der Waals surface area contributed by atoms with Gasteiger partial charge in [0, 0.05) is 23.6 Å². The van der Waals surface area contributed by atoms with Crippen LogP contribution in [0.15, 0.2) is 30.5 Å². The number of Topliss-reactive ketones (excluding diaryl/α,β-unsaturated/α-hetero) is 1. The molecule has 0 bridgehead atoms. The fraction of sp³-hybridized carbons (Fsp3) is 0.474. The molecule has 2 rings (SSSR count). The van der Waals surface area contributed by atoms with Crippen molar-refractivity contribution in [2.75, 3.05) is 0 Å². The molecule has 0 unspecified atom stereocenters. The Balaban J connectivity index is 1.89. The van der Waals surface area contributed by atoms with Gasteiger partial charge in [0.15, 0.2) is 5.78 Å². The number of aromatic hydroxyl groups is 1. The lowest BCUT2D eigenvalue weighted by Crippen LogP contribution is -2.00. The summed E-state index contributed by atoms with van der Waals surface area (Å²) < 4.78 is 0. The number of nitrogens with zero attached hydrogens (tertiary/aromatic N) is 1. The van der Waals surface area contributed by atoms with Gasteiger partial charge in [-0.3, -0.25) is 9.78 Å². The van der Waals surface area contributed by atoms with Crippen LogP contribution in [-0.4, -0.2) is 15.9 Å². The number of phenolic OH excluding ortho intramolecular Hbond substituents is 1. The number of rotatable bonds is 9. The smallest absolute Gasteiger partial charge is 0.163 e. The molecule has 3 heteroatoms. The number of benzene rings is 1. The van der Waals surface area contributed by atoms with Crippen LogP contribution in [0.1, 0.15) is 68.6 Å². The lowest BCUT2D eigenvalue weighted by molar-refractivity contribution is 0.0980. The Morgan fingerprint density at radius 1 is 1.05 bits per heavy atom. The van der Waals surface area contributed by atoms with Gasteiger partial charge in [0.1, 0.15) is 11.3 Å². The summed E-state index contributed by atoms with van der Waals surface area (Å²) in [6.07, 6.45) is 10.6. The van der Waals surface area contributed by atoms with E-state index in [4.69, 9.17) is 0 Å². The fourth-order valence-corrected chi connectivity index (χ4v) is 2.78. The van der Waals surface area contributed by atoms with E-state index in [1.807, 2.05) is 6.07 Å². The summed E-state index contributed by atoms with van der Waals surface area (Å²) in [7, 11) is 0. The van der Waals surface area contributed by atoms with Crippen LogP contribution in [0.3, 0.4) is 0 Å².